The van der Waals surface area contributed by atoms with Gasteiger partial charge in [-0.2, -0.15) is 0 Å². The molecule has 0 fully saturated rings. The van der Waals surface area contributed by atoms with E-state index in [0.29, 0.717) is 12.1 Å². The van der Waals surface area contributed by atoms with Gasteiger partial charge in [0.1, 0.15) is 11.6 Å². The van der Waals surface area contributed by atoms with Crippen molar-refractivity contribution in [1.82, 2.24) is 10.3 Å². The molecule has 1 aromatic heterocycles. The Labute approximate surface area is 127 Å². The number of nitrogens with zero attached hydrogens (tertiary/aromatic N) is 1. The van der Waals surface area contributed by atoms with E-state index >= 15 is 0 Å². The number of nitrogens with one attached hydrogen (secondary N) is 1. The van der Waals surface area contributed by atoms with Gasteiger partial charge in [0, 0.05) is 22.2 Å². The van der Waals surface area contributed by atoms with Crippen LogP contribution in [0.1, 0.15) is 32.7 Å². The molecule has 0 bridgehead atoms. The average molecular weight is 300 g/mol. The van der Waals surface area contributed by atoms with Crippen LogP contribution < -0.4 is 5.32 Å². The predicted octanol–water partition coefficient (Wildman–Crippen LogP) is 1.98. The van der Waals surface area contributed by atoms with Crippen molar-refractivity contribution in [3.05, 3.63) is 51.5 Å². The minimum absolute atomic E-state index is 0.134. The topological polar surface area (TPSA) is 62.2 Å². The van der Waals surface area contributed by atoms with E-state index < -0.39 is 0 Å². The van der Waals surface area contributed by atoms with Crippen LogP contribution in [0.5, 0.6) is 0 Å². The summed E-state index contributed by atoms with van der Waals surface area (Å²) < 4.78 is 0. The van der Waals surface area contributed by atoms with E-state index in [1.807, 2.05) is 6.20 Å². The highest BCUT2D eigenvalue weighted by atomic mass is 32.1. The zero-order chi connectivity index (χ0) is 15.1. The molecular formula is C16H16N2O2S. The number of carbonyl (C=O) groups excluding carboxylic acids is 1. The van der Waals surface area contributed by atoms with E-state index in [1.54, 1.807) is 35.6 Å². The molecule has 0 unspecified atom stereocenters. The van der Waals surface area contributed by atoms with Crippen molar-refractivity contribution in [2.75, 3.05) is 6.61 Å². The summed E-state index contributed by atoms with van der Waals surface area (Å²) >= 11 is 1.61. The minimum atomic E-state index is -0.171. The zero-order valence-electron chi connectivity index (χ0n) is 11.7. The Morgan fingerprint density at radius 2 is 2.14 bits per heavy atom. The molecule has 5 heteroatoms. The van der Waals surface area contributed by atoms with Crippen molar-refractivity contribution < 1.29 is 9.90 Å². The maximum atomic E-state index is 12.0. The predicted molar refractivity (Wildman–Crippen MR) is 83.1 cm³/mol. The van der Waals surface area contributed by atoms with Crippen molar-refractivity contribution in [2.45, 2.75) is 19.9 Å². The van der Waals surface area contributed by atoms with Gasteiger partial charge in [-0.3, -0.25) is 4.79 Å². The van der Waals surface area contributed by atoms with Gasteiger partial charge in [-0.25, -0.2) is 4.98 Å². The van der Waals surface area contributed by atoms with Crippen molar-refractivity contribution >= 4 is 17.2 Å². The molecule has 0 radical (unpaired) electrons. The molecule has 0 aliphatic rings. The van der Waals surface area contributed by atoms with Gasteiger partial charge in [0.05, 0.1) is 6.54 Å². The monoisotopic (exact) mass is 300 g/mol. The number of hydrogen-bond acceptors (Lipinski definition) is 4. The lowest BCUT2D eigenvalue weighted by Crippen LogP contribution is -2.22. The number of thiazole rings is 1. The summed E-state index contributed by atoms with van der Waals surface area (Å²) in [6.45, 7) is 2.35. The number of aliphatic hydroxyl groups is 1. The van der Waals surface area contributed by atoms with Crippen LogP contribution in [0.15, 0.2) is 30.5 Å². The molecule has 1 aromatic carbocycles. The molecule has 0 atom stereocenters. The van der Waals surface area contributed by atoms with Crippen LogP contribution in [0.2, 0.25) is 0 Å². The van der Waals surface area contributed by atoms with Crippen LogP contribution in [0.4, 0.5) is 0 Å². The molecule has 0 saturated carbocycles. The lowest BCUT2D eigenvalue weighted by Gasteiger charge is -2.03. The average Bonchev–Trinajstić information content (AvgIpc) is 2.99. The number of benzene rings is 1. The molecule has 0 spiro atoms. The van der Waals surface area contributed by atoms with Crippen molar-refractivity contribution in [3.63, 3.8) is 0 Å². The van der Waals surface area contributed by atoms with E-state index in [2.05, 4.69) is 29.1 Å². The molecule has 2 rings (SSSR count). The third-order valence-electron chi connectivity index (χ3n) is 2.81. The molecule has 21 heavy (non-hydrogen) atoms. The maximum Gasteiger partial charge on any atom is 0.251 e. The van der Waals surface area contributed by atoms with Gasteiger partial charge in [-0.1, -0.05) is 18.8 Å². The Hall–Kier alpha value is -2.16. The number of amides is 1. The number of rotatable bonds is 4. The Morgan fingerprint density at radius 3 is 2.76 bits per heavy atom. The summed E-state index contributed by atoms with van der Waals surface area (Å²) in [5, 5.41) is 12.4. The van der Waals surface area contributed by atoms with Crippen LogP contribution in [0, 0.1) is 11.8 Å². The Morgan fingerprint density at radius 1 is 1.38 bits per heavy atom. The second kappa shape index (κ2) is 7.58. The summed E-state index contributed by atoms with van der Waals surface area (Å²) in [5.41, 5.74) is 1.35. The van der Waals surface area contributed by atoms with E-state index in [9.17, 15) is 4.79 Å². The second-order valence-electron chi connectivity index (χ2n) is 4.29. The fourth-order valence-corrected chi connectivity index (χ4v) is 2.50. The number of carbonyl (C=O) groups is 1. The smallest absolute Gasteiger partial charge is 0.251 e. The van der Waals surface area contributed by atoms with Gasteiger partial charge in [-0.05, 0) is 30.7 Å². The molecule has 0 aliphatic carbocycles. The molecule has 0 aliphatic heterocycles. The van der Waals surface area contributed by atoms with Crippen LogP contribution >= 0.6 is 11.3 Å². The van der Waals surface area contributed by atoms with E-state index in [-0.39, 0.29) is 12.5 Å². The number of aryl methyl sites for hydroxylation is 1. The maximum absolute atomic E-state index is 12.0. The van der Waals surface area contributed by atoms with Crippen molar-refractivity contribution in [3.8, 4) is 11.8 Å². The summed E-state index contributed by atoms with van der Waals surface area (Å²) in [7, 11) is 0. The van der Waals surface area contributed by atoms with Gasteiger partial charge < -0.3 is 10.4 Å². The molecule has 1 heterocycles. The standard InChI is InChI=1S/C16H16N2O2S/c1-2-14-10-17-15(21-14)11-18-16(20)13-7-5-12(6-8-13)4-3-9-19/h5-8,10,19H,2,9,11H2,1H3,(H,18,20). The molecule has 0 saturated heterocycles. The number of aliphatic hydroxyl groups excluding tert-OH is 1. The highest BCUT2D eigenvalue weighted by Crippen LogP contribution is 2.13. The minimum Gasteiger partial charge on any atom is -0.384 e. The van der Waals surface area contributed by atoms with Crippen LogP contribution in [-0.4, -0.2) is 22.6 Å². The summed E-state index contributed by atoms with van der Waals surface area (Å²) in [5.74, 6) is 5.22. The highest BCUT2D eigenvalue weighted by Gasteiger charge is 2.06. The van der Waals surface area contributed by atoms with Crippen molar-refractivity contribution in [1.29, 1.82) is 0 Å². The fraction of sp³-hybridized carbons (Fsp3) is 0.250. The van der Waals surface area contributed by atoms with Gasteiger partial charge in [0.2, 0.25) is 0 Å². The third-order valence-corrected chi connectivity index (χ3v) is 3.95. The first-order valence-electron chi connectivity index (χ1n) is 6.64. The highest BCUT2D eigenvalue weighted by molar-refractivity contribution is 7.11. The first-order chi connectivity index (χ1) is 10.2. The Balaban J connectivity index is 1.93. The Bertz CT molecular complexity index is 666. The van der Waals surface area contributed by atoms with Crippen molar-refractivity contribution in [2.24, 2.45) is 0 Å². The first-order valence-corrected chi connectivity index (χ1v) is 7.46. The Kier molecular flexibility index (Phi) is 5.50. The molecule has 2 N–H and O–H groups in total. The number of aromatic nitrogens is 1. The molecule has 1 amide bonds. The van der Waals surface area contributed by atoms with E-state index in [0.717, 1.165) is 17.0 Å². The lowest BCUT2D eigenvalue weighted by molar-refractivity contribution is 0.0951. The molecule has 2 aromatic rings. The van der Waals surface area contributed by atoms with E-state index in [1.165, 1.54) is 4.88 Å². The molecule has 4 nitrogen and oxygen atoms in total. The quantitative estimate of drug-likeness (QED) is 0.849. The van der Waals surface area contributed by atoms with Crippen LogP contribution in [-0.2, 0) is 13.0 Å². The van der Waals surface area contributed by atoms with E-state index in [4.69, 9.17) is 5.11 Å². The SMILES string of the molecule is CCc1cnc(CNC(=O)c2ccc(C#CCO)cc2)s1. The van der Waals surface area contributed by atoms with Gasteiger partial charge in [0.15, 0.2) is 0 Å². The number of hydrogen-bond donors (Lipinski definition) is 2. The largest absolute Gasteiger partial charge is 0.384 e. The first kappa shape index (κ1) is 15.2. The molecular weight excluding hydrogens is 284 g/mol. The summed E-state index contributed by atoms with van der Waals surface area (Å²) in [6.07, 6.45) is 2.81. The van der Waals surface area contributed by atoms with Crippen LogP contribution in [0.3, 0.4) is 0 Å². The van der Waals surface area contributed by atoms with Gasteiger partial charge in [-0.15, -0.1) is 11.3 Å². The fourth-order valence-electron chi connectivity index (χ4n) is 1.70. The second-order valence-corrected chi connectivity index (χ2v) is 5.49. The van der Waals surface area contributed by atoms with Crippen LogP contribution in [0.25, 0.3) is 0 Å². The summed E-state index contributed by atoms with van der Waals surface area (Å²) in [6, 6.07) is 6.96. The van der Waals surface area contributed by atoms with Gasteiger partial charge >= 0.3 is 0 Å². The third kappa shape index (κ3) is 4.42. The van der Waals surface area contributed by atoms with Gasteiger partial charge in [0.25, 0.3) is 5.91 Å². The summed E-state index contributed by atoms with van der Waals surface area (Å²) in [4.78, 5) is 17.5. The lowest BCUT2D eigenvalue weighted by atomic mass is 10.1. The normalized spacial score (nSPS) is 9.81. The molecule has 108 valence electrons. The zero-order valence-corrected chi connectivity index (χ0v) is 12.5.